The summed E-state index contributed by atoms with van der Waals surface area (Å²) in [4.78, 5) is 10.4. The van der Waals surface area contributed by atoms with E-state index in [-0.39, 0.29) is 12.0 Å². The predicted molar refractivity (Wildman–Crippen MR) is 43.7 cm³/mol. The Balaban J connectivity index is 2.93. The topological polar surface area (TPSA) is 69.1 Å². The molecule has 0 saturated carbocycles. The van der Waals surface area contributed by atoms with Gasteiger partial charge in [-0.3, -0.25) is 4.79 Å². The fourth-order valence-electron chi connectivity index (χ4n) is 0.895. The Morgan fingerprint density at radius 1 is 1.50 bits per heavy atom. The molecule has 0 fully saturated rings. The van der Waals surface area contributed by atoms with Gasteiger partial charge in [0.2, 0.25) is 5.91 Å². The van der Waals surface area contributed by atoms with Crippen molar-refractivity contribution in [3.8, 4) is 0 Å². The highest BCUT2D eigenvalue weighted by molar-refractivity contribution is 5.76. The molecule has 1 amide bonds. The molecule has 4 N–H and O–H groups in total. The molecule has 0 aliphatic carbocycles. The molecule has 1 aromatic carbocycles. The molecule has 0 aliphatic rings. The van der Waals surface area contributed by atoms with E-state index >= 15 is 0 Å². The minimum atomic E-state index is -0.557. The number of nitrogen functional groups attached to an aromatic ring is 1. The van der Waals surface area contributed by atoms with Crippen molar-refractivity contribution in [3.05, 3.63) is 29.6 Å². The molecule has 0 bridgehead atoms. The van der Waals surface area contributed by atoms with Crippen molar-refractivity contribution in [3.63, 3.8) is 0 Å². The van der Waals surface area contributed by atoms with Crippen LogP contribution in [0.15, 0.2) is 18.2 Å². The highest BCUT2D eigenvalue weighted by atomic mass is 19.1. The predicted octanol–water partition coefficient (Wildman–Crippen LogP) is 0.436. The van der Waals surface area contributed by atoms with Crippen LogP contribution in [-0.4, -0.2) is 5.91 Å². The summed E-state index contributed by atoms with van der Waals surface area (Å²) in [5, 5.41) is 0. The lowest BCUT2D eigenvalue weighted by Crippen LogP contribution is -2.14. The number of hydrogen-bond acceptors (Lipinski definition) is 2. The Bertz CT molecular complexity index is 312. The minimum absolute atomic E-state index is 0.0912. The van der Waals surface area contributed by atoms with Gasteiger partial charge in [-0.05, 0) is 17.7 Å². The second-order valence-electron chi connectivity index (χ2n) is 2.49. The van der Waals surface area contributed by atoms with Gasteiger partial charge < -0.3 is 11.5 Å². The maximum atomic E-state index is 12.9. The number of amides is 1. The molecule has 3 nitrogen and oxygen atoms in total. The molecular weight excluding hydrogens is 159 g/mol. The van der Waals surface area contributed by atoms with Gasteiger partial charge in [-0.15, -0.1) is 0 Å². The van der Waals surface area contributed by atoms with E-state index in [0.29, 0.717) is 5.69 Å². The summed E-state index contributed by atoms with van der Waals surface area (Å²) in [5.74, 6) is -1.05. The molecule has 0 unspecified atom stereocenters. The van der Waals surface area contributed by atoms with E-state index in [9.17, 15) is 9.18 Å². The number of hydrogen-bond donors (Lipinski definition) is 2. The molecule has 0 atom stereocenters. The lowest BCUT2D eigenvalue weighted by Gasteiger charge is -2.00. The van der Waals surface area contributed by atoms with E-state index in [0.717, 1.165) is 6.07 Å². The van der Waals surface area contributed by atoms with Crippen LogP contribution < -0.4 is 11.5 Å². The van der Waals surface area contributed by atoms with Crippen LogP contribution in [0.2, 0.25) is 0 Å². The van der Waals surface area contributed by atoms with Crippen LogP contribution >= 0.6 is 0 Å². The molecule has 12 heavy (non-hydrogen) atoms. The van der Waals surface area contributed by atoms with Gasteiger partial charge in [-0.25, -0.2) is 4.39 Å². The van der Waals surface area contributed by atoms with Crippen LogP contribution in [0.5, 0.6) is 0 Å². The average molecular weight is 168 g/mol. The fourth-order valence-corrected chi connectivity index (χ4v) is 0.895. The summed E-state index contributed by atoms with van der Waals surface area (Å²) in [6, 6.07) is 4.15. The van der Waals surface area contributed by atoms with Gasteiger partial charge in [0.15, 0.2) is 0 Å². The summed E-state index contributed by atoms with van der Waals surface area (Å²) >= 11 is 0. The highest BCUT2D eigenvalue weighted by Gasteiger charge is 2.04. The number of nitrogens with two attached hydrogens (primary N) is 2. The third-order valence-corrected chi connectivity index (χ3v) is 1.44. The molecule has 1 rings (SSSR count). The molecule has 4 heteroatoms. The molecular formula is C8H9FN2O. The lowest BCUT2D eigenvalue weighted by atomic mass is 10.1. The number of carbonyl (C=O) groups excluding carboxylic acids is 1. The van der Waals surface area contributed by atoms with Gasteiger partial charge in [0.25, 0.3) is 0 Å². The number of halogens is 1. The first-order valence-corrected chi connectivity index (χ1v) is 3.42. The van der Waals surface area contributed by atoms with Gasteiger partial charge in [-0.1, -0.05) is 6.07 Å². The summed E-state index contributed by atoms with van der Waals surface area (Å²) in [5.41, 5.74) is 10.8. The van der Waals surface area contributed by atoms with Gasteiger partial charge in [0.1, 0.15) is 5.82 Å². The minimum Gasteiger partial charge on any atom is -0.399 e. The molecule has 0 saturated heterocycles. The molecule has 64 valence electrons. The largest absolute Gasteiger partial charge is 0.399 e. The number of anilines is 1. The molecule has 1 aromatic rings. The van der Waals surface area contributed by atoms with Crippen LogP contribution in [0.25, 0.3) is 0 Å². The summed E-state index contributed by atoms with van der Waals surface area (Å²) in [7, 11) is 0. The van der Waals surface area contributed by atoms with Gasteiger partial charge >= 0.3 is 0 Å². The first-order chi connectivity index (χ1) is 5.59. The van der Waals surface area contributed by atoms with Crippen molar-refractivity contribution in [2.45, 2.75) is 6.42 Å². The number of primary amides is 1. The van der Waals surface area contributed by atoms with Crippen molar-refractivity contribution < 1.29 is 9.18 Å². The van der Waals surface area contributed by atoms with E-state index in [4.69, 9.17) is 11.5 Å². The summed E-state index contributed by atoms with van der Waals surface area (Å²) in [6.45, 7) is 0. The molecule has 0 aliphatic heterocycles. The van der Waals surface area contributed by atoms with Gasteiger partial charge in [0.05, 0.1) is 6.42 Å². The average Bonchev–Trinajstić information content (AvgIpc) is 1.94. The van der Waals surface area contributed by atoms with Crippen LogP contribution in [0.1, 0.15) is 5.56 Å². The summed E-state index contributed by atoms with van der Waals surface area (Å²) in [6.07, 6.45) is -0.0912. The Labute approximate surface area is 69.2 Å². The second-order valence-corrected chi connectivity index (χ2v) is 2.49. The van der Waals surface area contributed by atoms with Gasteiger partial charge in [0, 0.05) is 5.69 Å². The molecule has 0 heterocycles. The van der Waals surface area contributed by atoms with E-state index in [1.54, 1.807) is 0 Å². The standard InChI is InChI=1S/C8H9FN2O/c9-7-4-6(10)2-1-5(7)3-8(11)12/h1-2,4H,3,10H2,(H2,11,12). The van der Waals surface area contributed by atoms with Crippen LogP contribution in [0, 0.1) is 5.82 Å². The van der Waals surface area contributed by atoms with E-state index in [1.165, 1.54) is 12.1 Å². The third-order valence-electron chi connectivity index (χ3n) is 1.44. The van der Waals surface area contributed by atoms with E-state index < -0.39 is 11.7 Å². The Hall–Kier alpha value is -1.58. The summed E-state index contributed by atoms with van der Waals surface area (Å²) < 4.78 is 12.9. The number of rotatable bonds is 2. The smallest absolute Gasteiger partial charge is 0.221 e. The normalized spacial score (nSPS) is 9.75. The number of carbonyl (C=O) groups is 1. The third kappa shape index (κ3) is 1.95. The van der Waals surface area contributed by atoms with Crippen LogP contribution in [-0.2, 0) is 11.2 Å². The molecule has 0 radical (unpaired) electrons. The quantitative estimate of drug-likeness (QED) is 0.629. The van der Waals surface area contributed by atoms with Gasteiger partial charge in [-0.2, -0.15) is 0 Å². The zero-order chi connectivity index (χ0) is 9.14. The van der Waals surface area contributed by atoms with E-state index in [2.05, 4.69) is 0 Å². The van der Waals surface area contributed by atoms with Crippen LogP contribution in [0.3, 0.4) is 0 Å². The van der Waals surface area contributed by atoms with Crippen molar-refractivity contribution in [1.29, 1.82) is 0 Å². The van der Waals surface area contributed by atoms with Crippen molar-refractivity contribution in [1.82, 2.24) is 0 Å². The zero-order valence-corrected chi connectivity index (χ0v) is 6.38. The monoisotopic (exact) mass is 168 g/mol. The molecule has 0 spiro atoms. The Morgan fingerprint density at radius 3 is 2.67 bits per heavy atom. The number of benzene rings is 1. The van der Waals surface area contributed by atoms with Crippen molar-refractivity contribution >= 4 is 11.6 Å². The second kappa shape index (κ2) is 3.21. The van der Waals surface area contributed by atoms with Crippen molar-refractivity contribution in [2.75, 3.05) is 5.73 Å². The highest BCUT2D eigenvalue weighted by Crippen LogP contribution is 2.11. The maximum absolute atomic E-state index is 12.9. The Kier molecular flexibility index (Phi) is 2.28. The maximum Gasteiger partial charge on any atom is 0.221 e. The molecule has 0 aromatic heterocycles. The zero-order valence-electron chi connectivity index (χ0n) is 6.38. The fraction of sp³-hybridized carbons (Fsp3) is 0.125. The van der Waals surface area contributed by atoms with E-state index in [1.807, 2.05) is 0 Å². The first kappa shape index (κ1) is 8.52. The van der Waals surface area contributed by atoms with Crippen LogP contribution in [0.4, 0.5) is 10.1 Å². The SMILES string of the molecule is NC(=O)Cc1ccc(N)cc1F. The van der Waals surface area contributed by atoms with Crippen molar-refractivity contribution in [2.24, 2.45) is 5.73 Å². The lowest BCUT2D eigenvalue weighted by molar-refractivity contribution is -0.117. The first-order valence-electron chi connectivity index (χ1n) is 3.42. The Morgan fingerprint density at radius 2 is 2.17 bits per heavy atom.